The number of hydrogen-bond donors (Lipinski definition) is 2. The molecule has 0 bridgehead atoms. The van der Waals surface area contributed by atoms with Gasteiger partial charge in [-0.2, -0.15) is 0 Å². The van der Waals surface area contributed by atoms with Crippen LogP contribution in [-0.2, 0) is 6.61 Å². The molecule has 0 saturated heterocycles. The Balaban J connectivity index is 2.19. The van der Waals surface area contributed by atoms with Crippen LogP contribution >= 0.6 is 0 Å². The molecule has 0 spiro atoms. The molecule has 0 aliphatic rings. The zero-order valence-corrected chi connectivity index (χ0v) is 13.2. The van der Waals surface area contributed by atoms with Crippen LogP contribution in [-0.4, -0.2) is 22.2 Å². The summed E-state index contributed by atoms with van der Waals surface area (Å²) in [5.74, 6) is 0.459. The highest BCUT2D eigenvalue weighted by molar-refractivity contribution is 6.03. The van der Waals surface area contributed by atoms with E-state index >= 15 is 0 Å². The third kappa shape index (κ3) is 3.49. The molecular formula is C17H22N2O3. The minimum atomic E-state index is -0.174. The van der Waals surface area contributed by atoms with E-state index in [0.717, 1.165) is 0 Å². The average molecular weight is 302 g/mol. The van der Waals surface area contributed by atoms with Crippen LogP contribution in [0, 0.1) is 0 Å². The van der Waals surface area contributed by atoms with Gasteiger partial charge in [0.15, 0.2) is 0 Å². The normalized spacial score (nSPS) is 10.8. The Labute approximate surface area is 130 Å². The molecule has 0 unspecified atom stereocenters. The van der Waals surface area contributed by atoms with E-state index in [2.05, 4.69) is 5.32 Å². The van der Waals surface area contributed by atoms with Gasteiger partial charge in [-0.05, 0) is 51.1 Å². The highest BCUT2D eigenvalue weighted by Crippen LogP contribution is 2.23. The molecule has 1 amide bonds. The van der Waals surface area contributed by atoms with Crippen molar-refractivity contribution in [2.45, 2.75) is 33.4 Å². The molecule has 2 aromatic rings. The van der Waals surface area contributed by atoms with Gasteiger partial charge in [-0.25, -0.2) is 0 Å². The molecular weight excluding hydrogens is 280 g/mol. The van der Waals surface area contributed by atoms with E-state index in [1.165, 1.54) is 0 Å². The Bertz CT molecular complexity index is 647. The second-order valence-electron chi connectivity index (χ2n) is 5.26. The maximum atomic E-state index is 12.4. The summed E-state index contributed by atoms with van der Waals surface area (Å²) < 4.78 is 7.35. The van der Waals surface area contributed by atoms with Crippen LogP contribution in [0.5, 0.6) is 5.75 Å². The number of rotatable bonds is 6. The van der Waals surface area contributed by atoms with Crippen LogP contribution in [0.3, 0.4) is 0 Å². The van der Waals surface area contributed by atoms with Crippen molar-refractivity contribution in [2.75, 3.05) is 11.9 Å². The molecule has 118 valence electrons. The topological polar surface area (TPSA) is 63.5 Å². The lowest BCUT2D eigenvalue weighted by Gasteiger charge is -2.14. The monoisotopic (exact) mass is 302 g/mol. The number of nitrogens with zero attached hydrogens (tertiary/aromatic N) is 1. The van der Waals surface area contributed by atoms with Gasteiger partial charge in [0.25, 0.3) is 5.91 Å². The SMILES string of the molecule is CCOc1ccc(NC(=O)c2cccn2C(C)C)cc1CO. The van der Waals surface area contributed by atoms with Gasteiger partial charge >= 0.3 is 0 Å². The first kappa shape index (κ1) is 16.1. The van der Waals surface area contributed by atoms with E-state index < -0.39 is 0 Å². The quantitative estimate of drug-likeness (QED) is 0.861. The smallest absolute Gasteiger partial charge is 0.272 e. The zero-order chi connectivity index (χ0) is 16.1. The summed E-state index contributed by atoms with van der Waals surface area (Å²) in [5, 5.41) is 12.3. The third-order valence-corrected chi connectivity index (χ3v) is 3.36. The van der Waals surface area contributed by atoms with Crippen LogP contribution < -0.4 is 10.1 Å². The number of anilines is 1. The summed E-state index contributed by atoms with van der Waals surface area (Å²) in [6.07, 6.45) is 1.89. The fraction of sp³-hybridized carbons (Fsp3) is 0.353. The molecule has 0 atom stereocenters. The third-order valence-electron chi connectivity index (χ3n) is 3.36. The van der Waals surface area contributed by atoms with E-state index in [0.29, 0.717) is 29.3 Å². The van der Waals surface area contributed by atoms with Crippen molar-refractivity contribution in [1.29, 1.82) is 0 Å². The molecule has 0 aliphatic heterocycles. The molecule has 0 fully saturated rings. The molecule has 2 rings (SSSR count). The first-order chi connectivity index (χ1) is 10.6. The second kappa shape index (κ2) is 7.13. The summed E-state index contributed by atoms with van der Waals surface area (Å²) in [5.41, 5.74) is 1.89. The maximum Gasteiger partial charge on any atom is 0.272 e. The molecule has 1 heterocycles. The minimum Gasteiger partial charge on any atom is -0.494 e. The number of carbonyl (C=O) groups is 1. The number of hydrogen-bond acceptors (Lipinski definition) is 3. The van der Waals surface area contributed by atoms with Crippen molar-refractivity contribution in [3.8, 4) is 5.75 Å². The predicted octanol–water partition coefficient (Wildman–Crippen LogP) is 3.21. The van der Waals surface area contributed by atoms with Crippen molar-refractivity contribution >= 4 is 11.6 Å². The van der Waals surface area contributed by atoms with E-state index in [-0.39, 0.29) is 18.6 Å². The highest BCUT2D eigenvalue weighted by atomic mass is 16.5. The van der Waals surface area contributed by atoms with E-state index in [1.807, 2.05) is 37.6 Å². The number of aromatic nitrogens is 1. The van der Waals surface area contributed by atoms with Crippen LogP contribution in [0.1, 0.15) is 42.9 Å². The highest BCUT2D eigenvalue weighted by Gasteiger charge is 2.13. The molecule has 0 saturated carbocycles. The summed E-state index contributed by atoms with van der Waals surface area (Å²) in [6, 6.07) is 9.11. The molecule has 5 heteroatoms. The van der Waals surface area contributed by atoms with Crippen molar-refractivity contribution in [2.24, 2.45) is 0 Å². The number of ether oxygens (including phenoxy) is 1. The molecule has 0 radical (unpaired) electrons. The van der Waals surface area contributed by atoms with Crippen molar-refractivity contribution < 1.29 is 14.6 Å². The lowest BCUT2D eigenvalue weighted by Crippen LogP contribution is -2.18. The van der Waals surface area contributed by atoms with Gasteiger partial charge in [0.1, 0.15) is 11.4 Å². The average Bonchev–Trinajstić information content (AvgIpc) is 2.98. The van der Waals surface area contributed by atoms with E-state index in [1.54, 1.807) is 24.3 Å². The minimum absolute atomic E-state index is 0.137. The molecule has 5 nitrogen and oxygen atoms in total. The van der Waals surface area contributed by atoms with Crippen molar-refractivity contribution in [1.82, 2.24) is 4.57 Å². The summed E-state index contributed by atoms with van der Waals surface area (Å²) in [4.78, 5) is 12.4. The number of aliphatic hydroxyl groups is 1. The molecule has 0 aliphatic carbocycles. The number of aliphatic hydroxyl groups excluding tert-OH is 1. The second-order valence-corrected chi connectivity index (χ2v) is 5.26. The van der Waals surface area contributed by atoms with Gasteiger partial charge in [0, 0.05) is 23.5 Å². The largest absolute Gasteiger partial charge is 0.494 e. The number of benzene rings is 1. The molecule has 2 N–H and O–H groups in total. The van der Waals surface area contributed by atoms with Crippen molar-refractivity contribution in [3.05, 3.63) is 47.8 Å². The Morgan fingerprint density at radius 1 is 1.36 bits per heavy atom. The Morgan fingerprint density at radius 2 is 2.14 bits per heavy atom. The van der Waals surface area contributed by atoms with Crippen LogP contribution in [0.25, 0.3) is 0 Å². The Hall–Kier alpha value is -2.27. The Morgan fingerprint density at radius 3 is 2.77 bits per heavy atom. The standard InChI is InChI=1S/C17H22N2O3/c1-4-22-16-8-7-14(10-13(16)11-20)18-17(21)15-6-5-9-19(15)12(2)3/h5-10,12,20H,4,11H2,1-3H3,(H,18,21). The number of amides is 1. The fourth-order valence-electron chi connectivity index (χ4n) is 2.31. The van der Waals surface area contributed by atoms with Crippen LogP contribution in [0.2, 0.25) is 0 Å². The molecule has 1 aromatic carbocycles. The zero-order valence-electron chi connectivity index (χ0n) is 13.2. The summed E-state index contributed by atoms with van der Waals surface area (Å²) >= 11 is 0. The summed E-state index contributed by atoms with van der Waals surface area (Å²) in [6.45, 7) is 6.33. The van der Waals surface area contributed by atoms with Crippen molar-refractivity contribution in [3.63, 3.8) is 0 Å². The number of carbonyl (C=O) groups excluding carboxylic acids is 1. The number of nitrogens with one attached hydrogen (secondary N) is 1. The van der Waals surface area contributed by atoms with Gasteiger partial charge in [-0.15, -0.1) is 0 Å². The lowest BCUT2D eigenvalue weighted by molar-refractivity contribution is 0.101. The summed E-state index contributed by atoms with van der Waals surface area (Å²) in [7, 11) is 0. The first-order valence-electron chi connectivity index (χ1n) is 7.41. The Kier molecular flexibility index (Phi) is 5.22. The molecule has 1 aromatic heterocycles. The van der Waals surface area contributed by atoms with Crippen LogP contribution in [0.15, 0.2) is 36.5 Å². The predicted molar refractivity (Wildman–Crippen MR) is 86.3 cm³/mol. The van der Waals surface area contributed by atoms with Gasteiger partial charge in [0.05, 0.1) is 13.2 Å². The maximum absolute atomic E-state index is 12.4. The van der Waals surface area contributed by atoms with Gasteiger partial charge in [0.2, 0.25) is 0 Å². The van der Waals surface area contributed by atoms with Crippen LogP contribution in [0.4, 0.5) is 5.69 Å². The lowest BCUT2D eigenvalue weighted by atomic mass is 10.2. The van der Waals surface area contributed by atoms with Gasteiger partial charge in [-0.1, -0.05) is 0 Å². The van der Waals surface area contributed by atoms with E-state index in [9.17, 15) is 9.90 Å². The van der Waals surface area contributed by atoms with E-state index in [4.69, 9.17) is 4.74 Å². The fourth-order valence-corrected chi connectivity index (χ4v) is 2.31. The first-order valence-corrected chi connectivity index (χ1v) is 7.41. The molecule has 22 heavy (non-hydrogen) atoms. The van der Waals surface area contributed by atoms with Gasteiger partial charge in [-0.3, -0.25) is 4.79 Å². The van der Waals surface area contributed by atoms with Gasteiger partial charge < -0.3 is 19.7 Å².